The standard InChI is InChI=1S/C30H38N2O2/c1-34-28-4-2-3-21(16-28)15-27(14-20-5-6-20)31-29(33)25-7-9-26(10-8-25)32-30-17-22-11-23(18-30)13-24(12-22)19-30/h2-4,7-10,16,20,22-24,27,32H,5-6,11-15,17-19H2,1H3,(H,31,33)/t22?,23?,24?,27-,30?/m0/s1. The number of anilines is 1. The van der Waals surface area contributed by atoms with Crippen LogP contribution in [0.2, 0.25) is 0 Å². The Morgan fingerprint density at radius 1 is 1.00 bits per heavy atom. The fourth-order valence-corrected chi connectivity index (χ4v) is 7.58. The van der Waals surface area contributed by atoms with Crippen LogP contribution >= 0.6 is 0 Å². The molecule has 4 bridgehead atoms. The molecule has 2 N–H and O–H groups in total. The van der Waals surface area contributed by atoms with Gasteiger partial charge in [0.15, 0.2) is 0 Å². The first-order valence-electron chi connectivity index (χ1n) is 13.4. The lowest BCUT2D eigenvalue weighted by Gasteiger charge is -2.57. The highest BCUT2D eigenvalue weighted by Gasteiger charge is 2.50. The van der Waals surface area contributed by atoms with Crippen LogP contribution in [0.1, 0.15) is 73.7 Å². The Hall–Kier alpha value is -2.49. The molecule has 7 rings (SSSR count). The summed E-state index contributed by atoms with van der Waals surface area (Å²) in [7, 11) is 1.70. The van der Waals surface area contributed by atoms with Gasteiger partial charge in [-0.1, -0.05) is 25.0 Å². The third-order valence-electron chi connectivity index (χ3n) is 8.86. The average molecular weight is 459 g/mol. The number of benzene rings is 2. The van der Waals surface area contributed by atoms with Gasteiger partial charge in [-0.2, -0.15) is 0 Å². The van der Waals surface area contributed by atoms with Crippen molar-refractivity contribution in [2.75, 3.05) is 12.4 Å². The van der Waals surface area contributed by atoms with Gasteiger partial charge in [0.05, 0.1) is 7.11 Å². The number of carbonyl (C=O) groups excluding carboxylic acids is 1. The third-order valence-corrected chi connectivity index (χ3v) is 8.86. The lowest BCUT2D eigenvalue weighted by atomic mass is 9.53. The van der Waals surface area contributed by atoms with Crippen molar-refractivity contribution in [2.24, 2.45) is 23.7 Å². The van der Waals surface area contributed by atoms with Crippen molar-refractivity contribution in [3.63, 3.8) is 0 Å². The van der Waals surface area contributed by atoms with Crippen molar-refractivity contribution >= 4 is 11.6 Å². The maximum atomic E-state index is 13.1. The van der Waals surface area contributed by atoms with E-state index in [1.807, 2.05) is 24.3 Å². The molecular weight excluding hydrogens is 420 g/mol. The SMILES string of the molecule is COc1cccc(C[C@H](CC2CC2)NC(=O)c2ccc(NC34CC5CC(CC(C5)C3)C4)cc2)c1. The summed E-state index contributed by atoms with van der Waals surface area (Å²) >= 11 is 0. The second-order valence-electron chi connectivity index (χ2n) is 11.8. The number of carbonyl (C=O) groups is 1. The van der Waals surface area contributed by atoms with Crippen LogP contribution in [0.5, 0.6) is 5.75 Å². The van der Waals surface area contributed by atoms with Gasteiger partial charge in [0.25, 0.3) is 5.91 Å². The van der Waals surface area contributed by atoms with Crippen LogP contribution in [-0.4, -0.2) is 24.6 Å². The van der Waals surface area contributed by atoms with E-state index >= 15 is 0 Å². The van der Waals surface area contributed by atoms with Gasteiger partial charge < -0.3 is 15.4 Å². The van der Waals surface area contributed by atoms with Gasteiger partial charge in [0, 0.05) is 22.8 Å². The van der Waals surface area contributed by atoms with Crippen molar-refractivity contribution in [3.05, 3.63) is 59.7 Å². The van der Waals surface area contributed by atoms with Crippen LogP contribution in [0.4, 0.5) is 5.69 Å². The Bertz CT molecular complexity index is 991. The van der Waals surface area contributed by atoms with E-state index in [1.54, 1.807) is 7.11 Å². The van der Waals surface area contributed by atoms with Crippen LogP contribution < -0.4 is 15.4 Å². The fraction of sp³-hybridized carbons (Fsp3) is 0.567. The molecule has 0 unspecified atom stereocenters. The Labute approximate surface area is 203 Å². The normalized spacial score (nSPS) is 30.1. The molecule has 34 heavy (non-hydrogen) atoms. The highest BCUT2D eigenvalue weighted by molar-refractivity contribution is 5.94. The number of amides is 1. The molecule has 1 amide bonds. The molecule has 0 radical (unpaired) electrons. The molecule has 5 fully saturated rings. The summed E-state index contributed by atoms with van der Waals surface area (Å²) in [5, 5.41) is 7.26. The van der Waals surface area contributed by atoms with Crippen LogP contribution in [0.15, 0.2) is 48.5 Å². The van der Waals surface area contributed by atoms with Gasteiger partial charge in [0.1, 0.15) is 5.75 Å². The molecule has 0 heterocycles. The highest BCUT2D eigenvalue weighted by Crippen LogP contribution is 2.56. The van der Waals surface area contributed by atoms with E-state index in [9.17, 15) is 4.79 Å². The quantitative estimate of drug-likeness (QED) is 0.469. The summed E-state index contributed by atoms with van der Waals surface area (Å²) in [5.41, 5.74) is 3.43. The van der Waals surface area contributed by atoms with Crippen LogP contribution in [0.25, 0.3) is 0 Å². The predicted molar refractivity (Wildman–Crippen MR) is 136 cm³/mol. The molecule has 0 aromatic heterocycles. The summed E-state index contributed by atoms with van der Waals surface area (Å²) in [6.07, 6.45) is 12.8. The maximum absolute atomic E-state index is 13.1. The van der Waals surface area contributed by atoms with E-state index in [-0.39, 0.29) is 11.9 Å². The zero-order valence-corrected chi connectivity index (χ0v) is 20.4. The lowest BCUT2D eigenvalue weighted by Crippen LogP contribution is -2.54. The summed E-state index contributed by atoms with van der Waals surface area (Å²) < 4.78 is 5.39. The Balaban J connectivity index is 1.10. The van der Waals surface area contributed by atoms with Crippen LogP contribution in [-0.2, 0) is 6.42 Å². The molecule has 1 atom stereocenters. The first-order chi connectivity index (χ1) is 16.6. The first kappa shape index (κ1) is 22.0. The summed E-state index contributed by atoms with van der Waals surface area (Å²) in [4.78, 5) is 13.1. The van der Waals surface area contributed by atoms with Gasteiger partial charge in [-0.05, 0) is 117 Å². The van der Waals surface area contributed by atoms with Crippen LogP contribution in [0, 0.1) is 23.7 Å². The van der Waals surface area contributed by atoms with Crippen molar-refractivity contribution in [1.29, 1.82) is 0 Å². The Morgan fingerprint density at radius 3 is 2.29 bits per heavy atom. The van der Waals surface area contributed by atoms with Crippen molar-refractivity contribution in [1.82, 2.24) is 5.32 Å². The van der Waals surface area contributed by atoms with Gasteiger partial charge in [-0.3, -0.25) is 4.79 Å². The van der Waals surface area contributed by atoms with E-state index in [4.69, 9.17) is 4.74 Å². The number of hydrogen-bond donors (Lipinski definition) is 2. The molecule has 5 aliphatic rings. The molecule has 5 aliphatic carbocycles. The van der Waals surface area contributed by atoms with E-state index in [2.05, 4.69) is 34.9 Å². The smallest absolute Gasteiger partial charge is 0.251 e. The second kappa shape index (κ2) is 8.94. The number of ether oxygens (including phenoxy) is 1. The minimum atomic E-state index is 0.0369. The minimum absolute atomic E-state index is 0.0369. The minimum Gasteiger partial charge on any atom is -0.497 e. The molecule has 2 aromatic rings. The van der Waals surface area contributed by atoms with E-state index in [0.717, 1.165) is 47.8 Å². The molecule has 180 valence electrons. The molecule has 0 spiro atoms. The van der Waals surface area contributed by atoms with Gasteiger partial charge in [-0.25, -0.2) is 0 Å². The van der Waals surface area contributed by atoms with E-state index in [0.29, 0.717) is 5.54 Å². The average Bonchev–Trinajstić information content (AvgIpc) is 3.62. The molecule has 0 aliphatic heterocycles. The van der Waals surface area contributed by atoms with Crippen molar-refractivity contribution in [3.8, 4) is 5.75 Å². The maximum Gasteiger partial charge on any atom is 0.251 e. The molecule has 5 saturated carbocycles. The number of rotatable bonds is 9. The van der Waals surface area contributed by atoms with Gasteiger partial charge in [0.2, 0.25) is 0 Å². The summed E-state index contributed by atoms with van der Waals surface area (Å²) in [6.45, 7) is 0. The zero-order chi connectivity index (χ0) is 23.1. The Kier molecular flexibility index (Phi) is 5.79. The number of nitrogens with one attached hydrogen (secondary N) is 2. The largest absolute Gasteiger partial charge is 0.497 e. The molecule has 4 heteroatoms. The topological polar surface area (TPSA) is 50.4 Å². The highest BCUT2D eigenvalue weighted by atomic mass is 16.5. The lowest BCUT2D eigenvalue weighted by molar-refractivity contribution is 0.0107. The first-order valence-corrected chi connectivity index (χ1v) is 13.4. The number of hydrogen-bond acceptors (Lipinski definition) is 3. The predicted octanol–water partition coefficient (Wildman–Crippen LogP) is 6.22. The van der Waals surface area contributed by atoms with Crippen molar-refractivity contribution in [2.45, 2.75) is 75.8 Å². The number of methoxy groups -OCH3 is 1. The molecule has 4 nitrogen and oxygen atoms in total. The molecule has 2 aromatic carbocycles. The van der Waals surface area contributed by atoms with Gasteiger partial charge >= 0.3 is 0 Å². The Morgan fingerprint density at radius 2 is 1.68 bits per heavy atom. The van der Waals surface area contributed by atoms with E-state index in [1.165, 1.54) is 62.6 Å². The van der Waals surface area contributed by atoms with Gasteiger partial charge in [-0.15, -0.1) is 0 Å². The summed E-state index contributed by atoms with van der Waals surface area (Å²) in [6, 6.07) is 16.6. The molecule has 0 saturated heterocycles. The fourth-order valence-electron chi connectivity index (χ4n) is 7.58. The zero-order valence-electron chi connectivity index (χ0n) is 20.4. The monoisotopic (exact) mass is 458 g/mol. The van der Waals surface area contributed by atoms with Crippen molar-refractivity contribution < 1.29 is 9.53 Å². The van der Waals surface area contributed by atoms with Crippen LogP contribution in [0.3, 0.4) is 0 Å². The third kappa shape index (κ3) is 4.82. The second-order valence-corrected chi connectivity index (χ2v) is 11.8. The summed E-state index contributed by atoms with van der Waals surface area (Å²) in [5.74, 6) is 4.44. The molecular formula is C30H38N2O2. The van der Waals surface area contributed by atoms with E-state index < -0.39 is 0 Å².